The van der Waals surface area contributed by atoms with E-state index in [1.54, 1.807) is 6.92 Å². The second kappa shape index (κ2) is 7.91. The Morgan fingerprint density at radius 2 is 2.00 bits per heavy atom. The first-order valence-corrected chi connectivity index (χ1v) is 11.5. The van der Waals surface area contributed by atoms with Gasteiger partial charge in [0, 0.05) is 49.9 Å². The van der Waals surface area contributed by atoms with Gasteiger partial charge in [-0.15, -0.1) is 0 Å². The van der Waals surface area contributed by atoms with Crippen LogP contribution in [0.2, 0.25) is 0 Å². The third kappa shape index (κ3) is 3.36. The Morgan fingerprint density at radius 3 is 2.66 bits per heavy atom. The van der Waals surface area contributed by atoms with Crippen molar-refractivity contribution >= 4 is 45.4 Å². The second-order valence-electron chi connectivity index (χ2n) is 8.24. The van der Waals surface area contributed by atoms with Crippen molar-refractivity contribution in [3.05, 3.63) is 33.0 Å². The van der Waals surface area contributed by atoms with Crippen molar-refractivity contribution < 1.29 is 9.59 Å². The zero-order valence-corrected chi connectivity index (χ0v) is 19.7. The van der Waals surface area contributed by atoms with Gasteiger partial charge in [-0.25, -0.2) is 4.79 Å². The fraction of sp³-hybridized carbons (Fsp3) is 0.545. The number of halogens is 1. The predicted octanol–water partition coefficient (Wildman–Crippen LogP) is 3.67. The number of aromatic nitrogens is 1. The van der Waals surface area contributed by atoms with Crippen molar-refractivity contribution in [2.24, 2.45) is 0 Å². The van der Waals surface area contributed by atoms with Crippen LogP contribution < -0.4 is 5.32 Å². The van der Waals surface area contributed by atoms with Gasteiger partial charge in [0.05, 0.1) is 9.22 Å². The zero-order valence-electron chi connectivity index (χ0n) is 17.5. The van der Waals surface area contributed by atoms with Crippen LogP contribution in [0.15, 0.2) is 18.2 Å². The molecule has 1 aliphatic heterocycles. The molecule has 1 aromatic carbocycles. The van der Waals surface area contributed by atoms with Crippen LogP contribution in [0.1, 0.15) is 49.0 Å². The first kappa shape index (κ1) is 20.7. The summed E-state index contributed by atoms with van der Waals surface area (Å²) >= 11 is 2.33. The first-order chi connectivity index (χ1) is 13.9. The fourth-order valence-electron chi connectivity index (χ4n) is 5.27. The summed E-state index contributed by atoms with van der Waals surface area (Å²) in [6, 6.07) is 6.88. The SMILES string of the molecule is CCN(CC)C(=O)N[C@H]1CC2c3cccc4c3c(c(I)n4C(C)=O)C[C@H]2N(C)C1. The average molecular weight is 508 g/mol. The summed E-state index contributed by atoms with van der Waals surface area (Å²) in [5, 5.41) is 4.51. The molecule has 2 heterocycles. The van der Waals surface area contributed by atoms with Crippen LogP contribution in [0.5, 0.6) is 0 Å². The number of amides is 2. The summed E-state index contributed by atoms with van der Waals surface area (Å²) in [5.74, 6) is 0.413. The minimum Gasteiger partial charge on any atom is -0.334 e. The van der Waals surface area contributed by atoms with Gasteiger partial charge in [-0.3, -0.25) is 9.36 Å². The lowest BCUT2D eigenvalue weighted by atomic mass is 9.74. The molecule has 2 aromatic rings. The van der Waals surface area contributed by atoms with Gasteiger partial charge in [0.1, 0.15) is 0 Å². The number of carbonyl (C=O) groups excluding carboxylic acids is 2. The van der Waals surface area contributed by atoms with Crippen LogP contribution in [0.25, 0.3) is 10.9 Å². The molecule has 1 fully saturated rings. The van der Waals surface area contributed by atoms with Gasteiger partial charge in [0.15, 0.2) is 0 Å². The first-order valence-electron chi connectivity index (χ1n) is 10.5. The van der Waals surface area contributed by atoms with Crippen LogP contribution >= 0.6 is 22.6 Å². The van der Waals surface area contributed by atoms with E-state index in [1.165, 1.54) is 16.5 Å². The molecule has 1 aliphatic carbocycles. The van der Waals surface area contributed by atoms with Crippen LogP contribution in [0.4, 0.5) is 4.79 Å². The Kier molecular flexibility index (Phi) is 5.63. The molecule has 3 atom stereocenters. The molecule has 29 heavy (non-hydrogen) atoms. The van der Waals surface area contributed by atoms with Gasteiger partial charge in [0.25, 0.3) is 0 Å². The van der Waals surface area contributed by atoms with Crippen LogP contribution in [0.3, 0.4) is 0 Å². The fourth-order valence-corrected chi connectivity index (χ4v) is 6.36. The molecule has 0 spiro atoms. The number of carbonyl (C=O) groups is 2. The number of nitrogens with zero attached hydrogens (tertiary/aromatic N) is 3. The summed E-state index contributed by atoms with van der Waals surface area (Å²) in [7, 11) is 2.16. The van der Waals surface area contributed by atoms with E-state index in [2.05, 4.69) is 58.1 Å². The van der Waals surface area contributed by atoms with E-state index in [0.29, 0.717) is 12.0 Å². The Hall–Kier alpha value is -1.61. The summed E-state index contributed by atoms with van der Waals surface area (Å²) < 4.78 is 2.90. The van der Waals surface area contributed by atoms with Gasteiger partial charge >= 0.3 is 6.03 Å². The molecule has 6 nitrogen and oxygen atoms in total. The molecule has 2 aliphatic rings. The van der Waals surface area contributed by atoms with E-state index in [9.17, 15) is 9.59 Å². The topological polar surface area (TPSA) is 57.6 Å². The van der Waals surface area contributed by atoms with Gasteiger partial charge in [-0.1, -0.05) is 12.1 Å². The molecular formula is C22H29IN4O2. The van der Waals surface area contributed by atoms with Crippen molar-refractivity contribution in [2.75, 3.05) is 26.7 Å². The highest BCUT2D eigenvalue weighted by atomic mass is 127. The summed E-state index contributed by atoms with van der Waals surface area (Å²) in [4.78, 5) is 29.1. The number of likely N-dealkylation sites (N-methyl/N-ethyl adjacent to an activating group) is 1. The molecule has 1 saturated heterocycles. The monoisotopic (exact) mass is 508 g/mol. The van der Waals surface area contributed by atoms with E-state index in [0.717, 1.165) is 41.7 Å². The summed E-state index contributed by atoms with van der Waals surface area (Å²) in [5.41, 5.74) is 3.63. The maximum atomic E-state index is 12.6. The lowest BCUT2D eigenvalue weighted by Gasteiger charge is -2.46. The standard InChI is InChI=1S/C22H29IN4O2/c1-5-26(6-2)22(29)24-14-10-16-15-8-7-9-18-20(15)17(11-19(16)25(4)12-14)21(23)27(18)13(3)28/h7-9,14,16,19H,5-6,10-12H2,1-4H3,(H,24,29)/t14-,16?,19+/m0/s1. The predicted molar refractivity (Wildman–Crippen MR) is 124 cm³/mol. The smallest absolute Gasteiger partial charge is 0.317 e. The molecule has 0 bridgehead atoms. The number of rotatable bonds is 3. The second-order valence-corrected chi connectivity index (χ2v) is 9.26. The van der Waals surface area contributed by atoms with Crippen molar-refractivity contribution in [1.82, 2.24) is 19.7 Å². The largest absolute Gasteiger partial charge is 0.334 e. The number of hydrogen-bond donors (Lipinski definition) is 1. The van der Waals surface area contributed by atoms with Gasteiger partial charge in [-0.05, 0) is 73.5 Å². The van der Waals surface area contributed by atoms with E-state index in [-0.39, 0.29) is 18.0 Å². The van der Waals surface area contributed by atoms with Gasteiger partial charge in [-0.2, -0.15) is 0 Å². The van der Waals surface area contributed by atoms with Crippen molar-refractivity contribution in [1.29, 1.82) is 0 Å². The Labute approximate surface area is 185 Å². The van der Waals surface area contributed by atoms with Crippen molar-refractivity contribution in [2.45, 2.75) is 51.6 Å². The minimum atomic E-state index is 0.0267. The van der Waals surface area contributed by atoms with E-state index < -0.39 is 0 Å². The van der Waals surface area contributed by atoms with E-state index in [1.807, 2.05) is 23.3 Å². The number of benzene rings is 1. The van der Waals surface area contributed by atoms with Gasteiger partial charge in [0.2, 0.25) is 5.91 Å². The highest BCUT2D eigenvalue weighted by Crippen LogP contribution is 2.45. The molecule has 1 N–H and O–H groups in total. The molecule has 0 saturated carbocycles. The Balaban J connectivity index is 1.70. The maximum Gasteiger partial charge on any atom is 0.317 e. The number of likely N-dealkylation sites (tertiary alicyclic amines) is 1. The highest BCUT2D eigenvalue weighted by molar-refractivity contribution is 14.1. The van der Waals surface area contributed by atoms with Crippen molar-refractivity contribution in [3.63, 3.8) is 0 Å². The Morgan fingerprint density at radius 1 is 1.28 bits per heavy atom. The molecule has 1 unspecified atom stereocenters. The molecule has 1 aromatic heterocycles. The quantitative estimate of drug-likeness (QED) is 0.644. The average Bonchev–Trinajstić information content (AvgIpc) is 2.97. The third-order valence-corrected chi connectivity index (χ3v) is 7.78. The number of nitrogens with one attached hydrogen (secondary N) is 1. The summed E-state index contributed by atoms with van der Waals surface area (Å²) in [6.07, 6.45) is 1.88. The summed E-state index contributed by atoms with van der Waals surface area (Å²) in [6.45, 7) is 7.94. The number of piperidine rings is 1. The number of fused-ring (bicyclic) bond motifs is 2. The minimum absolute atomic E-state index is 0.0267. The zero-order chi connectivity index (χ0) is 20.9. The van der Waals surface area contributed by atoms with Crippen molar-refractivity contribution in [3.8, 4) is 0 Å². The molecule has 156 valence electrons. The number of urea groups is 1. The molecule has 7 heteroatoms. The molecular weight excluding hydrogens is 479 g/mol. The van der Waals surface area contributed by atoms with E-state index >= 15 is 0 Å². The molecule has 4 rings (SSSR count). The normalized spacial score (nSPS) is 23.7. The van der Waals surface area contributed by atoms with E-state index in [4.69, 9.17) is 0 Å². The van der Waals surface area contributed by atoms with Crippen LogP contribution in [-0.4, -0.2) is 65.1 Å². The van der Waals surface area contributed by atoms with Crippen LogP contribution in [0, 0.1) is 3.70 Å². The third-order valence-electron chi connectivity index (χ3n) is 6.65. The van der Waals surface area contributed by atoms with Crippen LogP contribution in [-0.2, 0) is 6.42 Å². The Bertz CT molecular complexity index is 965. The lowest BCUT2D eigenvalue weighted by Crippen LogP contribution is -2.56. The lowest BCUT2D eigenvalue weighted by molar-refractivity contribution is 0.0938. The molecule has 2 amide bonds. The van der Waals surface area contributed by atoms with Gasteiger partial charge < -0.3 is 15.1 Å². The maximum absolute atomic E-state index is 12.6. The number of hydrogen-bond acceptors (Lipinski definition) is 3. The highest BCUT2D eigenvalue weighted by Gasteiger charge is 2.41. The molecule has 0 radical (unpaired) electrons.